The molecule has 1 saturated heterocycles. The quantitative estimate of drug-likeness (QED) is 0.876. The molecular formula is C16H29ClN4O2. The number of aromatic nitrogens is 1. The third-order valence-electron chi connectivity index (χ3n) is 4.36. The second kappa shape index (κ2) is 8.13. The number of nitrogens with two attached hydrogens (primary N) is 1. The molecule has 1 aromatic heterocycles. The van der Waals surface area contributed by atoms with Crippen molar-refractivity contribution in [3.05, 3.63) is 11.8 Å². The van der Waals surface area contributed by atoms with Crippen molar-refractivity contribution in [1.29, 1.82) is 0 Å². The Balaban J connectivity index is 0.00000264. The smallest absolute Gasteiger partial charge is 0.240 e. The van der Waals surface area contributed by atoms with E-state index in [1.165, 1.54) is 6.42 Å². The number of carbonyl (C=O) groups excluding carboxylic acids is 1. The van der Waals surface area contributed by atoms with Gasteiger partial charge in [-0.2, -0.15) is 0 Å². The van der Waals surface area contributed by atoms with Crippen molar-refractivity contribution in [3.8, 4) is 0 Å². The van der Waals surface area contributed by atoms with Gasteiger partial charge in [-0.05, 0) is 25.3 Å². The number of hydrogen-bond acceptors (Lipinski definition) is 5. The highest BCUT2D eigenvalue weighted by molar-refractivity contribution is 5.91. The van der Waals surface area contributed by atoms with Crippen LogP contribution in [0.5, 0.6) is 0 Å². The topological polar surface area (TPSA) is 84.4 Å². The van der Waals surface area contributed by atoms with E-state index in [1.54, 1.807) is 6.07 Å². The number of piperidine rings is 1. The van der Waals surface area contributed by atoms with E-state index < -0.39 is 0 Å². The van der Waals surface area contributed by atoms with Crippen LogP contribution in [0.1, 0.15) is 46.2 Å². The summed E-state index contributed by atoms with van der Waals surface area (Å²) in [4.78, 5) is 14.4. The van der Waals surface area contributed by atoms with Gasteiger partial charge in [0.2, 0.25) is 11.8 Å². The Morgan fingerprint density at radius 1 is 1.52 bits per heavy atom. The minimum atomic E-state index is -0.0978. The first kappa shape index (κ1) is 19.9. The Kier molecular flexibility index (Phi) is 7.04. The Morgan fingerprint density at radius 2 is 2.22 bits per heavy atom. The summed E-state index contributed by atoms with van der Waals surface area (Å²) < 4.78 is 5.20. The molecule has 0 aromatic carbocycles. The van der Waals surface area contributed by atoms with Crippen molar-refractivity contribution in [1.82, 2.24) is 10.1 Å². The number of halogens is 1. The van der Waals surface area contributed by atoms with E-state index in [0.717, 1.165) is 18.7 Å². The molecular weight excluding hydrogens is 316 g/mol. The fraction of sp³-hybridized carbons (Fsp3) is 0.750. The number of anilines is 1. The van der Waals surface area contributed by atoms with Gasteiger partial charge < -0.3 is 10.3 Å². The third kappa shape index (κ3) is 5.19. The fourth-order valence-corrected chi connectivity index (χ4v) is 2.96. The summed E-state index contributed by atoms with van der Waals surface area (Å²) in [6, 6.07) is 2.07. The van der Waals surface area contributed by atoms with Gasteiger partial charge in [-0.25, -0.2) is 0 Å². The van der Waals surface area contributed by atoms with E-state index in [2.05, 4.69) is 43.1 Å². The summed E-state index contributed by atoms with van der Waals surface area (Å²) in [5.74, 6) is 0.859. The summed E-state index contributed by atoms with van der Waals surface area (Å²) in [7, 11) is 0. The van der Waals surface area contributed by atoms with Crippen molar-refractivity contribution in [2.75, 3.05) is 25.0 Å². The van der Waals surface area contributed by atoms with Crippen LogP contribution >= 0.6 is 12.4 Å². The summed E-state index contributed by atoms with van der Waals surface area (Å²) in [6.45, 7) is 10.2. The number of nitrogens with one attached hydrogen (secondary N) is 1. The largest absolute Gasteiger partial charge is 0.338 e. The monoisotopic (exact) mass is 344 g/mol. The minimum Gasteiger partial charge on any atom is -0.338 e. The summed E-state index contributed by atoms with van der Waals surface area (Å²) in [5, 5.41) is 6.80. The molecule has 1 aliphatic heterocycles. The van der Waals surface area contributed by atoms with Gasteiger partial charge in [-0.1, -0.05) is 32.9 Å². The molecule has 0 saturated carbocycles. The minimum absolute atomic E-state index is 0. The van der Waals surface area contributed by atoms with Gasteiger partial charge in [-0.15, -0.1) is 12.4 Å². The molecule has 3 N–H and O–H groups in total. The molecule has 1 amide bonds. The number of likely N-dealkylation sites (tertiary alicyclic amines) is 1. The molecule has 0 aliphatic carbocycles. The van der Waals surface area contributed by atoms with E-state index in [9.17, 15) is 4.79 Å². The summed E-state index contributed by atoms with van der Waals surface area (Å²) in [6.07, 6.45) is 2.29. The Hall–Kier alpha value is -1.11. The zero-order valence-corrected chi connectivity index (χ0v) is 15.3. The molecule has 1 aliphatic rings. The van der Waals surface area contributed by atoms with E-state index in [1.807, 2.05) is 0 Å². The predicted octanol–water partition coefficient (Wildman–Crippen LogP) is 2.39. The molecule has 7 heteroatoms. The maximum Gasteiger partial charge on any atom is 0.240 e. The molecule has 0 radical (unpaired) electrons. The molecule has 2 unspecified atom stereocenters. The normalized spacial score (nSPS) is 22.5. The Labute approximate surface area is 144 Å². The second-order valence-electron chi connectivity index (χ2n) is 7.27. The van der Waals surface area contributed by atoms with Crippen molar-refractivity contribution in [3.63, 3.8) is 0 Å². The van der Waals surface area contributed by atoms with Gasteiger partial charge in [0.15, 0.2) is 0 Å². The number of carbonyl (C=O) groups is 1. The Bertz CT molecular complexity index is 512. The lowest BCUT2D eigenvalue weighted by atomic mass is 9.91. The number of hydrogen-bond donors (Lipinski definition) is 2. The average Bonchev–Trinajstić information content (AvgIpc) is 2.87. The van der Waals surface area contributed by atoms with Gasteiger partial charge in [0.1, 0.15) is 0 Å². The van der Waals surface area contributed by atoms with Gasteiger partial charge in [-0.3, -0.25) is 15.0 Å². The molecule has 6 nitrogen and oxygen atoms in total. The van der Waals surface area contributed by atoms with Crippen LogP contribution in [-0.2, 0) is 10.2 Å². The van der Waals surface area contributed by atoms with Crippen molar-refractivity contribution in [2.45, 2.75) is 52.0 Å². The van der Waals surface area contributed by atoms with Crippen LogP contribution in [0.4, 0.5) is 5.88 Å². The van der Waals surface area contributed by atoms with E-state index >= 15 is 0 Å². The molecule has 1 aromatic rings. The van der Waals surface area contributed by atoms with Crippen LogP contribution < -0.4 is 11.1 Å². The molecule has 2 heterocycles. The average molecular weight is 345 g/mol. The standard InChI is InChI=1S/C16H28N4O2.ClH/c1-11-6-5-7-20(12(11)9-17)10-14(21)18-15-8-13(19-22-15)16(2,3)4;/h8,11-12H,5-7,9-10,17H2,1-4H3,(H,18,21);1H. The van der Waals surface area contributed by atoms with Crippen LogP contribution in [0, 0.1) is 5.92 Å². The molecule has 1 fully saturated rings. The number of nitrogens with zero attached hydrogens (tertiary/aromatic N) is 2. The van der Waals surface area contributed by atoms with Crippen LogP contribution in [0.2, 0.25) is 0 Å². The highest BCUT2D eigenvalue weighted by Gasteiger charge is 2.29. The SMILES string of the molecule is CC1CCCN(CC(=O)Nc2cc(C(C)(C)C)no2)C1CN.Cl. The molecule has 2 atom stereocenters. The first-order chi connectivity index (χ1) is 10.3. The Morgan fingerprint density at radius 3 is 2.78 bits per heavy atom. The maximum atomic E-state index is 12.2. The maximum absolute atomic E-state index is 12.2. The highest BCUT2D eigenvalue weighted by Crippen LogP contribution is 2.24. The zero-order valence-electron chi connectivity index (χ0n) is 14.5. The van der Waals surface area contributed by atoms with Gasteiger partial charge in [0, 0.05) is 24.1 Å². The zero-order chi connectivity index (χ0) is 16.3. The van der Waals surface area contributed by atoms with Crippen molar-refractivity contribution >= 4 is 24.2 Å². The summed E-state index contributed by atoms with van der Waals surface area (Å²) >= 11 is 0. The van der Waals surface area contributed by atoms with E-state index in [0.29, 0.717) is 24.9 Å². The first-order valence-corrected chi connectivity index (χ1v) is 8.02. The van der Waals surface area contributed by atoms with Gasteiger partial charge in [0.25, 0.3) is 0 Å². The lowest BCUT2D eigenvalue weighted by Crippen LogP contribution is -2.51. The molecule has 23 heavy (non-hydrogen) atoms. The lowest BCUT2D eigenvalue weighted by Gasteiger charge is -2.38. The molecule has 0 bridgehead atoms. The first-order valence-electron chi connectivity index (χ1n) is 8.02. The molecule has 2 rings (SSSR count). The molecule has 132 valence electrons. The number of rotatable bonds is 4. The third-order valence-corrected chi connectivity index (χ3v) is 4.36. The predicted molar refractivity (Wildman–Crippen MR) is 93.9 cm³/mol. The van der Waals surface area contributed by atoms with Crippen molar-refractivity contribution < 1.29 is 9.32 Å². The molecule has 0 spiro atoms. The van der Waals surface area contributed by atoms with Gasteiger partial charge >= 0.3 is 0 Å². The van der Waals surface area contributed by atoms with Gasteiger partial charge in [0.05, 0.1) is 12.2 Å². The van der Waals surface area contributed by atoms with E-state index in [-0.39, 0.29) is 29.8 Å². The second-order valence-corrected chi connectivity index (χ2v) is 7.27. The van der Waals surface area contributed by atoms with Crippen LogP contribution in [-0.4, -0.2) is 41.6 Å². The van der Waals surface area contributed by atoms with E-state index in [4.69, 9.17) is 10.3 Å². The lowest BCUT2D eigenvalue weighted by molar-refractivity contribution is -0.118. The summed E-state index contributed by atoms with van der Waals surface area (Å²) in [5.41, 5.74) is 6.59. The van der Waals surface area contributed by atoms with Crippen molar-refractivity contribution in [2.24, 2.45) is 11.7 Å². The van der Waals surface area contributed by atoms with Crippen LogP contribution in [0.25, 0.3) is 0 Å². The fourth-order valence-electron chi connectivity index (χ4n) is 2.96. The number of amides is 1. The highest BCUT2D eigenvalue weighted by atomic mass is 35.5. The van der Waals surface area contributed by atoms with Crippen LogP contribution in [0.3, 0.4) is 0 Å². The van der Waals surface area contributed by atoms with Crippen LogP contribution in [0.15, 0.2) is 10.6 Å².